The summed E-state index contributed by atoms with van der Waals surface area (Å²) in [7, 11) is 0. The molecule has 0 aliphatic heterocycles. The van der Waals surface area contributed by atoms with E-state index in [-0.39, 0.29) is 11.4 Å². The first kappa shape index (κ1) is 20.8. The Kier molecular flexibility index (Phi) is 5.36. The van der Waals surface area contributed by atoms with Crippen LogP contribution in [0.5, 0.6) is 0 Å². The van der Waals surface area contributed by atoms with Crippen molar-refractivity contribution in [3.05, 3.63) is 77.0 Å². The van der Waals surface area contributed by atoms with Gasteiger partial charge in [0.15, 0.2) is 0 Å². The van der Waals surface area contributed by atoms with E-state index in [0.29, 0.717) is 6.54 Å². The molecule has 2 heterocycles. The summed E-state index contributed by atoms with van der Waals surface area (Å²) in [6.07, 6.45) is 0. The number of nitrogens with two attached hydrogens (primary N) is 1. The number of hydrogen-bond acceptors (Lipinski definition) is 5. The second-order valence-corrected chi connectivity index (χ2v) is 9.00. The van der Waals surface area contributed by atoms with Crippen molar-refractivity contribution in [1.82, 2.24) is 15.0 Å². The van der Waals surface area contributed by atoms with Crippen molar-refractivity contribution >= 4 is 22.7 Å². The van der Waals surface area contributed by atoms with Gasteiger partial charge in [0.1, 0.15) is 5.82 Å². The van der Waals surface area contributed by atoms with Crippen molar-refractivity contribution in [3.63, 3.8) is 0 Å². The van der Waals surface area contributed by atoms with Gasteiger partial charge in [0.05, 0.1) is 11.2 Å². The molecule has 5 nitrogen and oxygen atoms in total. The molecule has 0 unspecified atom stereocenters. The molecule has 0 amide bonds. The zero-order valence-electron chi connectivity index (χ0n) is 18.8. The molecule has 5 heteroatoms. The van der Waals surface area contributed by atoms with Gasteiger partial charge in [-0.25, -0.2) is 9.97 Å². The monoisotopic (exact) mass is 411 g/mol. The number of aromatic nitrogens is 3. The van der Waals surface area contributed by atoms with E-state index in [1.807, 2.05) is 25.1 Å². The SMILES string of the molecule is Cc1nc(N)nc(NCc2cc3cccc(C)c3nc2-c2ccccc2)c1C(C)(C)C. The molecule has 4 rings (SSSR count). The van der Waals surface area contributed by atoms with Crippen LogP contribution in [0.2, 0.25) is 0 Å². The molecule has 2 aromatic heterocycles. The molecule has 0 saturated carbocycles. The quantitative estimate of drug-likeness (QED) is 0.444. The van der Waals surface area contributed by atoms with Crippen LogP contribution >= 0.6 is 0 Å². The van der Waals surface area contributed by atoms with Crippen molar-refractivity contribution in [2.75, 3.05) is 11.1 Å². The first-order valence-corrected chi connectivity index (χ1v) is 10.6. The third-order valence-electron chi connectivity index (χ3n) is 5.48. The first-order valence-electron chi connectivity index (χ1n) is 10.6. The standard InChI is InChI=1S/C26H29N5/c1-16-10-9-13-19-14-20(23(30-22(16)19)18-11-7-6-8-12-18)15-28-24-21(26(3,4)5)17(2)29-25(27)31-24/h6-14H,15H2,1-5H3,(H3,27,28,29,31). The summed E-state index contributed by atoms with van der Waals surface area (Å²) < 4.78 is 0. The lowest BCUT2D eigenvalue weighted by Gasteiger charge is -2.25. The Hall–Kier alpha value is -3.47. The number of nitrogens with zero attached hydrogens (tertiary/aromatic N) is 3. The molecule has 4 aromatic rings. The Labute approximate surface area is 183 Å². The number of rotatable bonds is 4. The summed E-state index contributed by atoms with van der Waals surface area (Å²) in [6, 6.07) is 18.8. The smallest absolute Gasteiger partial charge is 0.222 e. The van der Waals surface area contributed by atoms with Crippen LogP contribution in [0, 0.1) is 13.8 Å². The van der Waals surface area contributed by atoms with Gasteiger partial charge in [-0.2, -0.15) is 4.98 Å². The van der Waals surface area contributed by atoms with E-state index in [2.05, 4.69) is 79.4 Å². The van der Waals surface area contributed by atoms with E-state index >= 15 is 0 Å². The lowest BCUT2D eigenvalue weighted by molar-refractivity contribution is 0.581. The van der Waals surface area contributed by atoms with Gasteiger partial charge in [0.25, 0.3) is 0 Å². The average molecular weight is 412 g/mol. The summed E-state index contributed by atoms with van der Waals surface area (Å²) >= 11 is 0. The molecule has 0 fully saturated rings. The maximum absolute atomic E-state index is 5.98. The Morgan fingerprint density at radius 1 is 0.903 bits per heavy atom. The van der Waals surface area contributed by atoms with E-state index in [9.17, 15) is 0 Å². The van der Waals surface area contributed by atoms with Gasteiger partial charge in [0.2, 0.25) is 5.95 Å². The second-order valence-electron chi connectivity index (χ2n) is 9.00. The summed E-state index contributed by atoms with van der Waals surface area (Å²) in [5, 5.41) is 4.67. The third-order valence-corrected chi connectivity index (χ3v) is 5.48. The van der Waals surface area contributed by atoms with Crippen molar-refractivity contribution in [2.45, 2.75) is 46.6 Å². The lowest BCUT2D eigenvalue weighted by atomic mass is 9.86. The van der Waals surface area contributed by atoms with Crippen molar-refractivity contribution in [2.24, 2.45) is 0 Å². The van der Waals surface area contributed by atoms with Crippen LogP contribution < -0.4 is 11.1 Å². The van der Waals surface area contributed by atoms with E-state index in [0.717, 1.165) is 44.8 Å². The first-order chi connectivity index (χ1) is 14.7. The number of fused-ring (bicyclic) bond motifs is 1. The third kappa shape index (κ3) is 4.22. The van der Waals surface area contributed by atoms with Crippen molar-refractivity contribution in [1.29, 1.82) is 0 Å². The summed E-state index contributed by atoms with van der Waals surface area (Å²) in [5.41, 5.74) is 13.2. The highest BCUT2D eigenvalue weighted by atomic mass is 15.1. The molecule has 2 aromatic carbocycles. The topological polar surface area (TPSA) is 76.7 Å². The maximum atomic E-state index is 5.98. The molecule has 0 atom stereocenters. The highest BCUT2D eigenvalue weighted by Gasteiger charge is 2.23. The lowest BCUT2D eigenvalue weighted by Crippen LogP contribution is -2.20. The van der Waals surface area contributed by atoms with Gasteiger partial charge in [-0.15, -0.1) is 0 Å². The summed E-state index contributed by atoms with van der Waals surface area (Å²) in [4.78, 5) is 14.0. The van der Waals surface area contributed by atoms with Crippen LogP contribution in [0.3, 0.4) is 0 Å². The van der Waals surface area contributed by atoms with Gasteiger partial charge < -0.3 is 11.1 Å². The Balaban J connectivity index is 1.81. The Morgan fingerprint density at radius 3 is 2.35 bits per heavy atom. The van der Waals surface area contributed by atoms with Crippen LogP contribution in [0.4, 0.5) is 11.8 Å². The van der Waals surface area contributed by atoms with Crippen LogP contribution in [0.15, 0.2) is 54.6 Å². The number of nitrogen functional groups attached to an aromatic ring is 1. The molecule has 0 aliphatic rings. The minimum Gasteiger partial charge on any atom is -0.368 e. The maximum Gasteiger partial charge on any atom is 0.222 e. The predicted octanol–water partition coefficient (Wildman–Crippen LogP) is 5.80. The minimum absolute atomic E-state index is 0.110. The van der Waals surface area contributed by atoms with E-state index in [4.69, 9.17) is 10.7 Å². The van der Waals surface area contributed by atoms with Crippen molar-refractivity contribution in [3.8, 4) is 11.3 Å². The molecular formula is C26H29N5. The Morgan fingerprint density at radius 2 is 1.65 bits per heavy atom. The van der Waals surface area contributed by atoms with Gasteiger partial charge in [-0.05, 0) is 36.5 Å². The molecule has 0 radical (unpaired) electrons. The number of nitrogens with one attached hydrogen (secondary N) is 1. The number of anilines is 2. The van der Waals surface area contributed by atoms with Crippen LogP contribution in [-0.2, 0) is 12.0 Å². The highest BCUT2D eigenvalue weighted by molar-refractivity contribution is 5.86. The molecule has 158 valence electrons. The number of aryl methyl sites for hydroxylation is 2. The average Bonchev–Trinajstić information content (AvgIpc) is 2.71. The van der Waals surface area contributed by atoms with E-state index in [1.54, 1.807) is 0 Å². The van der Waals surface area contributed by atoms with Crippen LogP contribution in [-0.4, -0.2) is 15.0 Å². The second kappa shape index (κ2) is 7.99. The zero-order valence-corrected chi connectivity index (χ0v) is 18.8. The largest absolute Gasteiger partial charge is 0.368 e. The number of pyridine rings is 1. The van der Waals surface area contributed by atoms with Gasteiger partial charge in [-0.3, -0.25) is 0 Å². The fourth-order valence-electron chi connectivity index (χ4n) is 4.17. The molecule has 0 bridgehead atoms. The number of para-hydroxylation sites is 1. The molecule has 0 spiro atoms. The fourth-order valence-corrected chi connectivity index (χ4v) is 4.17. The van der Waals surface area contributed by atoms with E-state index < -0.39 is 0 Å². The summed E-state index contributed by atoms with van der Waals surface area (Å²) in [5.74, 6) is 1.06. The fraction of sp³-hybridized carbons (Fsp3) is 0.269. The number of hydrogen-bond donors (Lipinski definition) is 2. The summed E-state index contributed by atoms with van der Waals surface area (Å²) in [6.45, 7) is 11.2. The highest BCUT2D eigenvalue weighted by Crippen LogP contribution is 2.32. The van der Waals surface area contributed by atoms with Gasteiger partial charge in [0, 0.05) is 28.8 Å². The van der Waals surface area contributed by atoms with Gasteiger partial charge in [-0.1, -0.05) is 69.3 Å². The predicted molar refractivity (Wildman–Crippen MR) is 129 cm³/mol. The number of benzene rings is 2. The molecule has 3 N–H and O–H groups in total. The molecule has 31 heavy (non-hydrogen) atoms. The normalized spacial score (nSPS) is 11.6. The molecular weight excluding hydrogens is 382 g/mol. The van der Waals surface area contributed by atoms with Crippen LogP contribution in [0.1, 0.15) is 43.2 Å². The van der Waals surface area contributed by atoms with E-state index in [1.165, 1.54) is 5.56 Å². The Bertz CT molecular complexity index is 1240. The zero-order chi connectivity index (χ0) is 22.2. The van der Waals surface area contributed by atoms with Gasteiger partial charge >= 0.3 is 0 Å². The molecule has 0 aliphatic carbocycles. The van der Waals surface area contributed by atoms with Crippen molar-refractivity contribution < 1.29 is 0 Å². The molecule has 0 saturated heterocycles. The van der Waals surface area contributed by atoms with Crippen LogP contribution in [0.25, 0.3) is 22.2 Å². The minimum atomic E-state index is -0.110.